The lowest BCUT2D eigenvalue weighted by Gasteiger charge is -2.41. The molecule has 0 aromatic heterocycles. The van der Waals surface area contributed by atoms with Crippen LogP contribution in [0.25, 0.3) is 0 Å². The van der Waals surface area contributed by atoms with E-state index in [4.69, 9.17) is 5.11 Å². The number of amides is 2. The van der Waals surface area contributed by atoms with Crippen LogP contribution < -0.4 is 5.32 Å². The van der Waals surface area contributed by atoms with Crippen LogP contribution in [0.2, 0.25) is 0 Å². The number of carbonyl (C=O) groups is 2. The van der Waals surface area contributed by atoms with Crippen molar-refractivity contribution in [2.24, 2.45) is 5.41 Å². The Labute approximate surface area is 120 Å². The molecule has 0 spiro atoms. The first kappa shape index (κ1) is 15.1. The van der Waals surface area contributed by atoms with Gasteiger partial charge in [-0.15, -0.1) is 0 Å². The van der Waals surface area contributed by atoms with Gasteiger partial charge < -0.3 is 15.3 Å². The van der Waals surface area contributed by atoms with E-state index in [9.17, 15) is 9.59 Å². The maximum Gasteiger partial charge on any atom is 0.317 e. The van der Waals surface area contributed by atoms with E-state index in [1.165, 1.54) is 0 Å². The third kappa shape index (κ3) is 3.07. The van der Waals surface area contributed by atoms with E-state index in [0.717, 1.165) is 38.5 Å². The van der Waals surface area contributed by atoms with Crippen molar-refractivity contribution in [1.29, 1.82) is 0 Å². The second-order valence-electron chi connectivity index (χ2n) is 6.48. The highest BCUT2D eigenvalue weighted by Gasteiger charge is 2.40. The zero-order chi connectivity index (χ0) is 14.8. The van der Waals surface area contributed by atoms with Crippen molar-refractivity contribution >= 4 is 12.0 Å². The molecule has 2 atom stereocenters. The molecule has 1 saturated carbocycles. The largest absolute Gasteiger partial charge is 0.481 e. The first-order valence-corrected chi connectivity index (χ1v) is 7.75. The van der Waals surface area contributed by atoms with Crippen molar-refractivity contribution in [2.45, 2.75) is 70.9 Å². The van der Waals surface area contributed by atoms with Crippen molar-refractivity contribution in [2.75, 3.05) is 6.54 Å². The van der Waals surface area contributed by atoms with Gasteiger partial charge in [0.2, 0.25) is 0 Å². The number of hydrogen-bond acceptors (Lipinski definition) is 2. The number of rotatable bonds is 5. The second-order valence-corrected chi connectivity index (χ2v) is 6.48. The normalized spacial score (nSPS) is 28.0. The van der Waals surface area contributed by atoms with Crippen LogP contribution in [0.1, 0.15) is 58.8 Å². The van der Waals surface area contributed by atoms with Crippen LogP contribution in [0.15, 0.2) is 0 Å². The number of likely N-dealkylation sites (tertiary alicyclic amines) is 1. The number of hydrogen-bond donors (Lipinski definition) is 2. The summed E-state index contributed by atoms with van der Waals surface area (Å²) in [6, 6.07) is 0.608. The Bertz CT molecular complexity index is 379. The Morgan fingerprint density at radius 2 is 2.05 bits per heavy atom. The van der Waals surface area contributed by atoms with Gasteiger partial charge in [-0.2, -0.15) is 0 Å². The zero-order valence-electron chi connectivity index (χ0n) is 12.5. The van der Waals surface area contributed by atoms with E-state index in [0.29, 0.717) is 12.6 Å². The van der Waals surface area contributed by atoms with Crippen LogP contribution in [0.3, 0.4) is 0 Å². The van der Waals surface area contributed by atoms with Gasteiger partial charge in [-0.25, -0.2) is 4.79 Å². The summed E-state index contributed by atoms with van der Waals surface area (Å²) >= 11 is 0. The molecular formula is C15H26N2O3. The van der Waals surface area contributed by atoms with Gasteiger partial charge in [0.05, 0.1) is 6.42 Å². The monoisotopic (exact) mass is 282 g/mol. The molecule has 0 bridgehead atoms. The minimum atomic E-state index is -0.764. The zero-order valence-corrected chi connectivity index (χ0v) is 12.5. The second kappa shape index (κ2) is 6.02. The predicted molar refractivity (Wildman–Crippen MR) is 76.5 cm³/mol. The van der Waals surface area contributed by atoms with Crippen molar-refractivity contribution < 1.29 is 14.7 Å². The fourth-order valence-electron chi connectivity index (χ4n) is 3.61. The van der Waals surface area contributed by atoms with Gasteiger partial charge in [-0.1, -0.05) is 13.3 Å². The number of aliphatic carboxylic acids is 1. The van der Waals surface area contributed by atoms with Gasteiger partial charge in [0.25, 0.3) is 0 Å². The third-order valence-electron chi connectivity index (χ3n) is 5.05. The van der Waals surface area contributed by atoms with Crippen LogP contribution in [0, 0.1) is 5.41 Å². The molecule has 1 aliphatic heterocycles. The molecule has 114 valence electrons. The highest BCUT2D eigenvalue weighted by molar-refractivity contribution is 5.75. The molecular weight excluding hydrogens is 256 g/mol. The van der Waals surface area contributed by atoms with Gasteiger partial charge in [-0.3, -0.25) is 4.79 Å². The standard InChI is InChI=1S/C15H26N2O3/c1-3-12-6-5-11(2)17(12)14(20)16-10-15(7-4-8-15)9-13(18)19/h11-12H,3-10H2,1-2H3,(H,16,20)(H,18,19). The van der Waals surface area contributed by atoms with Crippen molar-refractivity contribution in [3.8, 4) is 0 Å². The number of carboxylic acid groups (broad SMARTS) is 1. The van der Waals surface area contributed by atoms with E-state index in [-0.39, 0.29) is 23.9 Å². The van der Waals surface area contributed by atoms with E-state index in [1.807, 2.05) is 4.90 Å². The number of nitrogens with one attached hydrogen (secondary N) is 1. The molecule has 5 heteroatoms. The minimum Gasteiger partial charge on any atom is -0.481 e. The quantitative estimate of drug-likeness (QED) is 0.814. The smallest absolute Gasteiger partial charge is 0.317 e. The number of carboxylic acids is 1. The first-order valence-electron chi connectivity index (χ1n) is 7.75. The molecule has 0 radical (unpaired) electrons. The first-order chi connectivity index (χ1) is 9.47. The van der Waals surface area contributed by atoms with Crippen LogP contribution in [-0.2, 0) is 4.79 Å². The van der Waals surface area contributed by atoms with E-state index in [1.54, 1.807) is 0 Å². The topological polar surface area (TPSA) is 69.6 Å². The van der Waals surface area contributed by atoms with Crippen LogP contribution in [0.4, 0.5) is 4.79 Å². The van der Waals surface area contributed by atoms with Crippen molar-refractivity contribution in [1.82, 2.24) is 10.2 Å². The molecule has 1 saturated heterocycles. The van der Waals surface area contributed by atoms with Crippen molar-refractivity contribution in [3.63, 3.8) is 0 Å². The fourth-order valence-corrected chi connectivity index (χ4v) is 3.61. The molecule has 1 heterocycles. The van der Waals surface area contributed by atoms with Crippen LogP contribution in [0.5, 0.6) is 0 Å². The maximum atomic E-state index is 12.4. The molecule has 2 rings (SSSR count). The van der Waals surface area contributed by atoms with Crippen molar-refractivity contribution in [3.05, 3.63) is 0 Å². The lowest BCUT2D eigenvalue weighted by atomic mass is 9.66. The molecule has 2 aliphatic rings. The number of urea groups is 1. The third-order valence-corrected chi connectivity index (χ3v) is 5.05. The summed E-state index contributed by atoms with van der Waals surface area (Å²) in [5, 5.41) is 12.0. The molecule has 2 unspecified atom stereocenters. The highest BCUT2D eigenvalue weighted by atomic mass is 16.4. The molecule has 0 aromatic rings. The van der Waals surface area contributed by atoms with E-state index < -0.39 is 5.97 Å². The molecule has 2 amide bonds. The van der Waals surface area contributed by atoms with E-state index in [2.05, 4.69) is 19.2 Å². The molecule has 1 aliphatic carbocycles. The molecule has 5 nitrogen and oxygen atoms in total. The Hall–Kier alpha value is -1.26. The lowest BCUT2D eigenvalue weighted by molar-refractivity contribution is -0.141. The molecule has 20 heavy (non-hydrogen) atoms. The Kier molecular flexibility index (Phi) is 4.55. The fraction of sp³-hybridized carbons (Fsp3) is 0.867. The van der Waals surface area contributed by atoms with Gasteiger partial charge in [-0.05, 0) is 44.4 Å². The SMILES string of the molecule is CCC1CCC(C)N1C(=O)NCC1(CC(=O)O)CCC1. The van der Waals surface area contributed by atoms with Gasteiger partial charge >= 0.3 is 12.0 Å². The van der Waals surface area contributed by atoms with Gasteiger partial charge in [0, 0.05) is 18.6 Å². The number of nitrogens with zero attached hydrogens (tertiary/aromatic N) is 1. The summed E-state index contributed by atoms with van der Waals surface area (Å²) in [5.41, 5.74) is -0.202. The lowest BCUT2D eigenvalue weighted by Crippen LogP contribution is -2.50. The number of carbonyl (C=O) groups excluding carboxylic acids is 1. The summed E-state index contributed by atoms with van der Waals surface area (Å²) in [6.07, 6.45) is 6.18. The Morgan fingerprint density at radius 3 is 2.55 bits per heavy atom. The van der Waals surface area contributed by atoms with Gasteiger partial charge in [0.1, 0.15) is 0 Å². The summed E-state index contributed by atoms with van der Waals surface area (Å²) in [6.45, 7) is 4.70. The van der Waals surface area contributed by atoms with Crippen LogP contribution in [-0.4, -0.2) is 40.6 Å². The predicted octanol–water partition coefficient (Wildman–Crippen LogP) is 2.60. The Balaban J connectivity index is 1.89. The van der Waals surface area contributed by atoms with Crippen LogP contribution >= 0.6 is 0 Å². The molecule has 0 aromatic carbocycles. The molecule has 2 fully saturated rings. The summed E-state index contributed by atoms with van der Waals surface area (Å²) < 4.78 is 0. The average Bonchev–Trinajstić information content (AvgIpc) is 2.73. The summed E-state index contributed by atoms with van der Waals surface area (Å²) in [4.78, 5) is 25.3. The molecule has 2 N–H and O–H groups in total. The average molecular weight is 282 g/mol. The maximum absolute atomic E-state index is 12.4. The highest BCUT2D eigenvalue weighted by Crippen LogP contribution is 2.43. The Morgan fingerprint density at radius 1 is 1.35 bits per heavy atom. The minimum absolute atomic E-state index is 0.0153. The summed E-state index contributed by atoms with van der Waals surface area (Å²) in [7, 11) is 0. The van der Waals surface area contributed by atoms with E-state index >= 15 is 0 Å². The van der Waals surface area contributed by atoms with Gasteiger partial charge in [0.15, 0.2) is 0 Å². The summed E-state index contributed by atoms with van der Waals surface area (Å²) in [5.74, 6) is -0.764.